The van der Waals surface area contributed by atoms with Crippen LogP contribution in [0.15, 0.2) is 34.6 Å². The molecule has 0 aliphatic carbocycles. The Morgan fingerprint density at radius 1 is 1.30 bits per heavy atom. The second-order valence-electron chi connectivity index (χ2n) is 4.53. The van der Waals surface area contributed by atoms with Crippen LogP contribution < -0.4 is 5.73 Å². The van der Waals surface area contributed by atoms with Gasteiger partial charge in [-0.25, -0.2) is 4.99 Å². The fourth-order valence-corrected chi connectivity index (χ4v) is 3.17. The molecule has 0 spiro atoms. The zero-order chi connectivity index (χ0) is 13.1. The third-order valence-corrected chi connectivity index (χ3v) is 4.32. The topological polar surface area (TPSA) is 50.8 Å². The van der Waals surface area contributed by atoms with Crippen LogP contribution in [0.2, 0.25) is 0 Å². The first-order chi connectivity index (χ1) is 9.34. The van der Waals surface area contributed by atoms with Crippen molar-refractivity contribution in [1.29, 1.82) is 0 Å². The number of nitrogens with zero attached hydrogens (tertiary/aromatic N) is 2. The predicted molar refractivity (Wildman–Crippen MR) is 89.9 cm³/mol. The van der Waals surface area contributed by atoms with E-state index in [1.165, 1.54) is 15.6 Å². The first kappa shape index (κ1) is 15.3. The highest BCUT2D eigenvalue weighted by Gasteiger charge is 2.12. The number of hydrogen-bond acceptors (Lipinski definition) is 3. The molecule has 2 N–H and O–H groups in total. The minimum Gasteiger partial charge on any atom is -0.378 e. The van der Waals surface area contributed by atoms with Crippen molar-refractivity contribution < 1.29 is 4.74 Å². The van der Waals surface area contributed by atoms with Crippen molar-refractivity contribution in [3.63, 3.8) is 0 Å². The summed E-state index contributed by atoms with van der Waals surface area (Å²) >= 11 is 1.76. The molecule has 0 radical (unpaired) electrons. The van der Waals surface area contributed by atoms with E-state index in [1.54, 1.807) is 11.3 Å². The molecule has 108 valence electrons. The highest BCUT2D eigenvalue weighted by atomic mass is 79.9. The molecule has 0 unspecified atom stereocenters. The Kier molecular flexibility index (Phi) is 5.39. The number of halogens is 1. The van der Waals surface area contributed by atoms with Crippen LogP contribution in [0.4, 0.5) is 0 Å². The van der Waals surface area contributed by atoms with E-state index in [-0.39, 0.29) is 17.0 Å². The molecule has 1 aliphatic rings. The molecule has 1 fully saturated rings. The van der Waals surface area contributed by atoms with Crippen LogP contribution in [0.1, 0.15) is 5.56 Å². The molecule has 1 saturated heterocycles. The van der Waals surface area contributed by atoms with Gasteiger partial charge in [-0.2, -0.15) is 0 Å². The summed E-state index contributed by atoms with van der Waals surface area (Å²) in [5.74, 6) is 0.624. The van der Waals surface area contributed by atoms with Gasteiger partial charge >= 0.3 is 0 Å². The largest absolute Gasteiger partial charge is 0.378 e. The molecule has 6 heteroatoms. The van der Waals surface area contributed by atoms with Gasteiger partial charge in [0.1, 0.15) is 0 Å². The van der Waals surface area contributed by atoms with Gasteiger partial charge in [-0.15, -0.1) is 28.3 Å². The van der Waals surface area contributed by atoms with Crippen molar-refractivity contribution in [2.45, 2.75) is 6.54 Å². The molecule has 4 nitrogen and oxygen atoms in total. The van der Waals surface area contributed by atoms with Gasteiger partial charge in [-0.3, -0.25) is 0 Å². The Labute approximate surface area is 133 Å². The molecule has 2 aromatic rings. The summed E-state index contributed by atoms with van der Waals surface area (Å²) in [6.45, 7) is 3.78. The smallest absolute Gasteiger partial charge is 0.191 e. The third kappa shape index (κ3) is 3.31. The summed E-state index contributed by atoms with van der Waals surface area (Å²) in [6, 6.07) is 8.40. The van der Waals surface area contributed by atoms with Gasteiger partial charge in [0, 0.05) is 17.8 Å². The highest BCUT2D eigenvalue weighted by Crippen LogP contribution is 2.26. The van der Waals surface area contributed by atoms with E-state index in [4.69, 9.17) is 10.5 Å². The van der Waals surface area contributed by atoms with Crippen molar-refractivity contribution in [3.05, 3.63) is 35.2 Å². The SMILES string of the molecule is Br.NC(=NCc1csc2ccccc12)N1CCOCC1. The highest BCUT2D eigenvalue weighted by molar-refractivity contribution is 8.93. The first-order valence-corrected chi connectivity index (χ1v) is 7.30. The summed E-state index contributed by atoms with van der Waals surface area (Å²) < 4.78 is 6.61. The van der Waals surface area contributed by atoms with Crippen molar-refractivity contribution in [2.24, 2.45) is 10.7 Å². The van der Waals surface area contributed by atoms with Gasteiger partial charge < -0.3 is 15.4 Å². The summed E-state index contributed by atoms with van der Waals surface area (Å²) in [7, 11) is 0. The fourth-order valence-electron chi connectivity index (χ4n) is 2.21. The van der Waals surface area contributed by atoms with Crippen molar-refractivity contribution in [1.82, 2.24) is 4.90 Å². The summed E-state index contributed by atoms with van der Waals surface area (Å²) in [6.07, 6.45) is 0. The Morgan fingerprint density at radius 3 is 2.85 bits per heavy atom. The molecule has 0 bridgehead atoms. The minimum absolute atomic E-state index is 0. The Hall–Kier alpha value is -1.11. The monoisotopic (exact) mass is 355 g/mol. The van der Waals surface area contributed by atoms with Crippen LogP contribution >= 0.6 is 28.3 Å². The molecular formula is C14H18BrN3OS. The Balaban J connectivity index is 0.00000147. The average molecular weight is 356 g/mol. The minimum atomic E-state index is 0. The lowest BCUT2D eigenvalue weighted by Crippen LogP contribution is -2.44. The molecule has 1 aromatic heterocycles. The van der Waals surface area contributed by atoms with Gasteiger partial charge in [0.15, 0.2) is 5.96 Å². The van der Waals surface area contributed by atoms with E-state index in [0.29, 0.717) is 12.5 Å². The number of thiophene rings is 1. The lowest BCUT2D eigenvalue weighted by molar-refractivity contribution is 0.0674. The summed E-state index contributed by atoms with van der Waals surface area (Å²) in [5, 5.41) is 3.45. The van der Waals surface area contributed by atoms with Crippen LogP contribution in [-0.4, -0.2) is 37.2 Å². The zero-order valence-electron chi connectivity index (χ0n) is 11.1. The molecule has 0 amide bonds. The summed E-state index contributed by atoms with van der Waals surface area (Å²) in [5.41, 5.74) is 7.28. The molecule has 3 rings (SSSR count). The first-order valence-electron chi connectivity index (χ1n) is 6.42. The average Bonchev–Trinajstić information content (AvgIpc) is 2.89. The van der Waals surface area contributed by atoms with E-state index in [0.717, 1.165) is 26.3 Å². The number of benzene rings is 1. The number of fused-ring (bicyclic) bond motifs is 1. The lowest BCUT2D eigenvalue weighted by Gasteiger charge is -2.27. The normalized spacial score (nSPS) is 16.2. The maximum Gasteiger partial charge on any atom is 0.191 e. The zero-order valence-corrected chi connectivity index (χ0v) is 13.6. The van der Waals surface area contributed by atoms with E-state index < -0.39 is 0 Å². The predicted octanol–water partition coefficient (Wildman–Crippen LogP) is 2.63. The molecular weight excluding hydrogens is 338 g/mol. The second kappa shape index (κ2) is 7.06. The Bertz CT molecular complexity index is 593. The molecule has 0 atom stereocenters. The number of rotatable bonds is 2. The standard InChI is InChI=1S/C14H17N3OS.BrH/c15-14(17-5-7-18-8-6-17)16-9-11-10-19-13-4-2-1-3-12(11)13;/h1-4,10H,5-9H2,(H2,15,16);1H. The molecule has 20 heavy (non-hydrogen) atoms. The maximum absolute atomic E-state index is 6.03. The summed E-state index contributed by atoms with van der Waals surface area (Å²) in [4.78, 5) is 6.59. The number of morpholine rings is 1. The van der Waals surface area contributed by atoms with Gasteiger partial charge in [-0.05, 0) is 22.4 Å². The number of guanidine groups is 1. The Morgan fingerprint density at radius 2 is 2.05 bits per heavy atom. The number of aliphatic imine (C=N–C) groups is 1. The van der Waals surface area contributed by atoms with E-state index >= 15 is 0 Å². The van der Waals surface area contributed by atoms with Gasteiger partial charge in [-0.1, -0.05) is 18.2 Å². The quantitative estimate of drug-likeness (QED) is 0.665. The third-order valence-electron chi connectivity index (χ3n) is 3.31. The van der Waals surface area contributed by atoms with Crippen LogP contribution in [-0.2, 0) is 11.3 Å². The van der Waals surface area contributed by atoms with Gasteiger partial charge in [0.05, 0.1) is 19.8 Å². The van der Waals surface area contributed by atoms with Crippen molar-refractivity contribution >= 4 is 44.4 Å². The van der Waals surface area contributed by atoms with Gasteiger partial charge in [0.2, 0.25) is 0 Å². The van der Waals surface area contributed by atoms with E-state index in [1.807, 2.05) is 0 Å². The molecule has 1 aromatic carbocycles. The fraction of sp³-hybridized carbons (Fsp3) is 0.357. The number of nitrogens with two attached hydrogens (primary N) is 1. The van der Waals surface area contributed by atoms with Crippen LogP contribution in [0, 0.1) is 0 Å². The number of hydrogen-bond donors (Lipinski definition) is 1. The van der Waals surface area contributed by atoms with Crippen LogP contribution in [0.25, 0.3) is 10.1 Å². The number of ether oxygens (including phenoxy) is 1. The van der Waals surface area contributed by atoms with Crippen molar-refractivity contribution in [3.8, 4) is 0 Å². The van der Waals surface area contributed by atoms with E-state index in [2.05, 4.69) is 39.5 Å². The molecule has 2 heterocycles. The maximum atomic E-state index is 6.03. The van der Waals surface area contributed by atoms with Gasteiger partial charge in [0.25, 0.3) is 0 Å². The van der Waals surface area contributed by atoms with Crippen LogP contribution in [0.3, 0.4) is 0 Å². The molecule has 1 aliphatic heterocycles. The van der Waals surface area contributed by atoms with Crippen LogP contribution in [0.5, 0.6) is 0 Å². The van der Waals surface area contributed by atoms with E-state index in [9.17, 15) is 0 Å². The lowest BCUT2D eigenvalue weighted by atomic mass is 10.2. The second-order valence-corrected chi connectivity index (χ2v) is 5.44. The van der Waals surface area contributed by atoms with Crippen molar-refractivity contribution in [2.75, 3.05) is 26.3 Å². The molecule has 0 saturated carbocycles.